The van der Waals surface area contributed by atoms with E-state index in [4.69, 9.17) is 0 Å². The summed E-state index contributed by atoms with van der Waals surface area (Å²) in [6.45, 7) is 6.97. The van der Waals surface area contributed by atoms with Gasteiger partial charge in [0.1, 0.15) is 0 Å². The number of hydrogen-bond acceptors (Lipinski definition) is 1. The summed E-state index contributed by atoms with van der Waals surface area (Å²) in [5.41, 5.74) is 8.09. The Morgan fingerprint density at radius 3 is 2.59 bits per heavy atom. The molecule has 1 aliphatic heterocycles. The Morgan fingerprint density at radius 2 is 1.85 bits per heavy atom. The number of hydrogen-bond donors (Lipinski definition) is 1. The largest absolute Gasteiger partial charge is 0.361 e. The summed E-state index contributed by atoms with van der Waals surface area (Å²) in [4.78, 5) is 17.9. The molecule has 3 heteroatoms. The van der Waals surface area contributed by atoms with Crippen molar-refractivity contribution in [2.45, 2.75) is 52.5 Å². The predicted molar refractivity (Wildman–Crippen MR) is 111 cm³/mol. The minimum atomic E-state index is 0.113. The van der Waals surface area contributed by atoms with Crippen molar-refractivity contribution >= 4 is 16.8 Å². The van der Waals surface area contributed by atoms with E-state index in [-0.39, 0.29) is 11.9 Å². The smallest absolute Gasteiger partial charge is 0.219 e. The zero-order chi connectivity index (χ0) is 19.0. The lowest BCUT2D eigenvalue weighted by Gasteiger charge is -2.37. The fourth-order valence-electron chi connectivity index (χ4n) is 4.61. The molecule has 0 fully saturated rings. The summed E-state index contributed by atoms with van der Waals surface area (Å²) in [7, 11) is 0. The van der Waals surface area contributed by atoms with Gasteiger partial charge in [-0.3, -0.25) is 4.79 Å². The van der Waals surface area contributed by atoms with Crippen molar-refractivity contribution in [1.82, 2.24) is 9.88 Å². The van der Waals surface area contributed by atoms with Crippen LogP contribution in [0.2, 0.25) is 0 Å². The van der Waals surface area contributed by atoms with E-state index in [1.54, 1.807) is 6.92 Å². The standard InChI is InChI=1S/C24H28N2O/c1-4-17-12-19-10-11-26(16(3)27)24(22(19)13-18(17)5-2)14-20-15-25-23-9-7-6-8-21(20)23/h6-9,12-13,15,24-25H,4-5,10-11,14H2,1-3H3. The van der Waals surface area contributed by atoms with Crippen LogP contribution >= 0.6 is 0 Å². The van der Waals surface area contributed by atoms with Crippen molar-refractivity contribution in [2.75, 3.05) is 6.54 Å². The number of rotatable bonds is 4. The molecule has 1 amide bonds. The Morgan fingerprint density at radius 1 is 1.11 bits per heavy atom. The molecule has 4 rings (SSSR count). The van der Waals surface area contributed by atoms with Gasteiger partial charge in [-0.15, -0.1) is 0 Å². The molecule has 0 bridgehead atoms. The van der Waals surface area contributed by atoms with Gasteiger partial charge in [0.2, 0.25) is 5.91 Å². The summed E-state index contributed by atoms with van der Waals surface area (Å²) in [5.74, 6) is 0.170. The minimum Gasteiger partial charge on any atom is -0.361 e. The van der Waals surface area contributed by atoms with Crippen molar-refractivity contribution in [1.29, 1.82) is 0 Å². The molecule has 1 unspecified atom stereocenters. The van der Waals surface area contributed by atoms with Crippen molar-refractivity contribution < 1.29 is 4.79 Å². The van der Waals surface area contributed by atoms with Crippen molar-refractivity contribution in [3.05, 3.63) is 70.4 Å². The molecule has 1 N–H and O–H groups in total. The first-order chi connectivity index (χ1) is 13.1. The van der Waals surface area contributed by atoms with Gasteiger partial charge in [0.15, 0.2) is 0 Å². The van der Waals surface area contributed by atoms with Crippen LogP contribution in [-0.2, 0) is 30.5 Å². The summed E-state index contributed by atoms with van der Waals surface area (Å²) < 4.78 is 0. The molecule has 0 spiro atoms. The molecule has 1 aliphatic rings. The molecule has 3 aromatic rings. The Kier molecular flexibility index (Phi) is 4.77. The van der Waals surface area contributed by atoms with E-state index in [1.165, 1.54) is 33.2 Å². The summed E-state index contributed by atoms with van der Waals surface area (Å²) in [6, 6.07) is 13.3. The first kappa shape index (κ1) is 17.8. The third-order valence-electron chi connectivity index (χ3n) is 6.07. The number of amides is 1. The van der Waals surface area contributed by atoms with Crippen LogP contribution in [0, 0.1) is 0 Å². The third kappa shape index (κ3) is 3.16. The van der Waals surface area contributed by atoms with Gasteiger partial charge in [-0.1, -0.05) is 44.2 Å². The molecule has 2 aromatic carbocycles. The molecule has 0 saturated heterocycles. The normalized spacial score (nSPS) is 16.6. The zero-order valence-corrected chi connectivity index (χ0v) is 16.5. The number of carbonyl (C=O) groups is 1. The molecule has 0 aliphatic carbocycles. The number of H-pyrrole nitrogens is 1. The van der Waals surface area contributed by atoms with Crippen molar-refractivity contribution in [2.24, 2.45) is 0 Å². The number of para-hydroxylation sites is 1. The van der Waals surface area contributed by atoms with Crippen LogP contribution < -0.4 is 0 Å². The van der Waals surface area contributed by atoms with Gasteiger partial charge in [0, 0.05) is 30.6 Å². The van der Waals surface area contributed by atoms with E-state index in [2.05, 4.69) is 66.3 Å². The average molecular weight is 361 g/mol. The highest BCUT2D eigenvalue weighted by Crippen LogP contribution is 2.36. The Labute approximate surface area is 161 Å². The minimum absolute atomic E-state index is 0.113. The second-order valence-electron chi connectivity index (χ2n) is 7.57. The van der Waals surface area contributed by atoms with Crippen LogP contribution in [0.25, 0.3) is 10.9 Å². The van der Waals surface area contributed by atoms with Crippen LogP contribution in [0.4, 0.5) is 0 Å². The summed E-state index contributed by atoms with van der Waals surface area (Å²) >= 11 is 0. The van der Waals surface area contributed by atoms with Gasteiger partial charge in [-0.05, 0) is 59.6 Å². The second-order valence-corrected chi connectivity index (χ2v) is 7.57. The molecular formula is C24H28N2O. The topological polar surface area (TPSA) is 36.1 Å². The Balaban J connectivity index is 1.80. The van der Waals surface area contributed by atoms with Crippen molar-refractivity contribution in [3.8, 4) is 0 Å². The number of benzene rings is 2. The number of carbonyl (C=O) groups excluding carboxylic acids is 1. The molecule has 3 nitrogen and oxygen atoms in total. The van der Waals surface area contributed by atoms with Crippen LogP contribution in [0.15, 0.2) is 42.6 Å². The summed E-state index contributed by atoms with van der Waals surface area (Å²) in [5, 5.41) is 1.26. The maximum atomic E-state index is 12.4. The Hall–Kier alpha value is -2.55. The Bertz CT molecular complexity index is 985. The molecule has 2 heterocycles. The molecule has 1 aromatic heterocycles. The lowest BCUT2D eigenvalue weighted by Crippen LogP contribution is -2.40. The van der Waals surface area contributed by atoms with Gasteiger partial charge in [0.05, 0.1) is 6.04 Å². The van der Waals surface area contributed by atoms with Gasteiger partial charge in [-0.2, -0.15) is 0 Å². The highest BCUT2D eigenvalue weighted by molar-refractivity contribution is 5.83. The molecular weight excluding hydrogens is 332 g/mol. The van der Waals surface area contributed by atoms with Gasteiger partial charge >= 0.3 is 0 Å². The third-order valence-corrected chi connectivity index (χ3v) is 6.07. The number of fused-ring (bicyclic) bond motifs is 2. The number of nitrogens with zero attached hydrogens (tertiary/aromatic N) is 1. The van der Waals surface area contributed by atoms with E-state index in [0.717, 1.165) is 37.7 Å². The van der Waals surface area contributed by atoms with E-state index >= 15 is 0 Å². The predicted octanol–water partition coefficient (Wildman–Crippen LogP) is 4.98. The van der Waals surface area contributed by atoms with Crippen molar-refractivity contribution in [3.63, 3.8) is 0 Å². The van der Waals surface area contributed by atoms with E-state index < -0.39 is 0 Å². The highest BCUT2D eigenvalue weighted by Gasteiger charge is 2.30. The van der Waals surface area contributed by atoms with Crippen LogP contribution in [-0.4, -0.2) is 22.3 Å². The van der Waals surface area contributed by atoms with E-state index in [1.807, 2.05) is 0 Å². The maximum absolute atomic E-state index is 12.4. The molecule has 140 valence electrons. The number of nitrogens with one attached hydrogen (secondary N) is 1. The van der Waals surface area contributed by atoms with Gasteiger partial charge < -0.3 is 9.88 Å². The molecule has 0 radical (unpaired) electrons. The quantitative estimate of drug-likeness (QED) is 0.700. The van der Waals surface area contributed by atoms with E-state index in [9.17, 15) is 4.79 Å². The number of aryl methyl sites for hydroxylation is 2. The number of aromatic amines is 1. The van der Waals surface area contributed by atoms with Crippen LogP contribution in [0.3, 0.4) is 0 Å². The fourth-order valence-corrected chi connectivity index (χ4v) is 4.61. The average Bonchev–Trinajstić information content (AvgIpc) is 3.10. The van der Waals surface area contributed by atoms with Gasteiger partial charge in [0.25, 0.3) is 0 Å². The van der Waals surface area contributed by atoms with Gasteiger partial charge in [-0.25, -0.2) is 0 Å². The molecule has 0 saturated carbocycles. The maximum Gasteiger partial charge on any atom is 0.219 e. The first-order valence-electron chi connectivity index (χ1n) is 10.1. The van der Waals surface area contributed by atoms with E-state index in [0.29, 0.717) is 0 Å². The van der Waals surface area contributed by atoms with Crippen LogP contribution in [0.1, 0.15) is 54.6 Å². The number of aromatic nitrogens is 1. The second kappa shape index (κ2) is 7.22. The van der Waals surface area contributed by atoms with Crippen LogP contribution in [0.5, 0.6) is 0 Å². The monoisotopic (exact) mass is 360 g/mol. The first-order valence-corrected chi connectivity index (χ1v) is 10.1. The fraction of sp³-hybridized carbons (Fsp3) is 0.375. The lowest BCUT2D eigenvalue weighted by molar-refractivity contribution is -0.131. The molecule has 1 atom stereocenters. The SMILES string of the molecule is CCc1cc2c(cc1CC)C(Cc1c[nH]c3ccccc13)N(C(C)=O)CC2. The lowest BCUT2D eigenvalue weighted by atomic mass is 9.84. The highest BCUT2D eigenvalue weighted by atomic mass is 16.2. The zero-order valence-electron chi connectivity index (χ0n) is 16.5. The molecule has 27 heavy (non-hydrogen) atoms. The summed E-state index contributed by atoms with van der Waals surface area (Å²) in [6.07, 6.45) is 6.02.